The third-order valence-electron chi connectivity index (χ3n) is 4.47. The van der Waals surface area contributed by atoms with Crippen LogP contribution in [0.4, 0.5) is 17.5 Å². The van der Waals surface area contributed by atoms with Crippen molar-refractivity contribution < 1.29 is 41.6 Å². The van der Waals surface area contributed by atoms with Gasteiger partial charge in [0.2, 0.25) is 17.1 Å². The van der Waals surface area contributed by atoms with Gasteiger partial charge in [0.05, 0.1) is 38.9 Å². The third-order valence-corrected chi connectivity index (χ3v) is 8.61. The van der Waals surface area contributed by atoms with E-state index in [1.807, 2.05) is 32.9 Å². The van der Waals surface area contributed by atoms with Crippen LogP contribution in [0.15, 0.2) is 73.2 Å². The monoisotopic (exact) mass is 814 g/mol. The number of carbonyl (C=O) groups is 3. The molecule has 0 saturated carbocycles. The van der Waals surface area contributed by atoms with Crippen LogP contribution in [0.5, 0.6) is 0 Å². The number of alkyl halides is 2. The number of nitrogens with two attached hydrogens (primary N) is 1. The van der Waals surface area contributed by atoms with Crippen LogP contribution in [0.25, 0.3) is 0 Å². The van der Waals surface area contributed by atoms with E-state index in [1.165, 1.54) is 0 Å². The van der Waals surface area contributed by atoms with Crippen LogP contribution in [0.1, 0.15) is 34.6 Å². The number of nitrogens with zero attached hydrogens (tertiary/aromatic N) is 3. The number of halogens is 3. The first kappa shape index (κ1) is 50.3. The quantitative estimate of drug-likeness (QED) is 0.0728. The van der Waals surface area contributed by atoms with Crippen LogP contribution >= 0.6 is 51.0 Å². The highest BCUT2D eigenvalue weighted by Gasteiger charge is 2.27. The second-order valence-electron chi connectivity index (χ2n) is 8.48. The molecule has 0 fully saturated rings. The second kappa shape index (κ2) is 34.3. The minimum atomic E-state index is -3.35. The van der Waals surface area contributed by atoms with Gasteiger partial charge in [0.25, 0.3) is 0 Å². The Labute approximate surface area is 316 Å². The molecule has 20 heteroatoms. The normalized spacial score (nSPS) is 9.98. The summed E-state index contributed by atoms with van der Waals surface area (Å²) in [6, 6.07) is 15.8. The first-order valence-electron chi connectivity index (χ1n) is 15.4. The average molecular weight is 816 g/mol. The summed E-state index contributed by atoms with van der Waals surface area (Å²) in [7, 11) is -4.41. The predicted octanol–water partition coefficient (Wildman–Crippen LogP) is 7.52. The lowest BCUT2D eigenvalue weighted by atomic mass is 10.4. The van der Waals surface area contributed by atoms with Gasteiger partial charge in [-0.05, 0) is 82.6 Å². The molecule has 0 atom stereocenters. The van der Waals surface area contributed by atoms with E-state index < -0.39 is 27.3 Å². The highest BCUT2D eigenvalue weighted by molar-refractivity contribution is 7.54. The topological polar surface area (TPSA) is 203 Å². The van der Waals surface area contributed by atoms with Gasteiger partial charge in [-0.3, -0.25) is 18.9 Å². The van der Waals surface area contributed by atoms with Gasteiger partial charge in [0.1, 0.15) is 29.5 Å². The average Bonchev–Trinajstić information content (AvgIpc) is 3.11. The zero-order valence-electron chi connectivity index (χ0n) is 29.2. The number of nitrogens with one attached hydrogen (secondary N) is 2. The zero-order valence-corrected chi connectivity index (χ0v) is 33.3. The van der Waals surface area contributed by atoms with Crippen LogP contribution in [-0.2, 0) is 41.6 Å². The molecule has 0 radical (unpaired) electrons. The largest absolute Gasteiger partial charge is 0.384 e. The molecule has 3 heterocycles. The van der Waals surface area contributed by atoms with Crippen LogP contribution < -0.4 is 16.4 Å². The molecule has 0 aromatic carbocycles. The predicted molar refractivity (Wildman–Crippen MR) is 204 cm³/mol. The van der Waals surface area contributed by atoms with Crippen molar-refractivity contribution >= 4 is 85.5 Å². The fourth-order valence-corrected chi connectivity index (χ4v) is 5.13. The smallest absolute Gasteiger partial charge is 0.340 e. The summed E-state index contributed by atoms with van der Waals surface area (Å²) in [5.41, 5.74) is 5.25. The molecule has 4 N–H and O–H groups in total. The molecule has 3 aromatic heterocycles. The van der Waals surface area contributed by atoms with E-state index in [-0.39, 0.29) is 37.0 Å². The van der Waals surface area contributed by atoms with Crippen molar-refractivity contribution in [2.24, 2.45) is 0 Å². The molecule has 2 amide bonds. The summed E-state index contributed by atoms with van der Waals surface area (Å²) >= 11 is 14.8. The van der Waals surface area contributed by atoms with Gasteiger partial charge in [-0.1, -0.05) is 18.2 Å². The summed E-state index contributed by atoms with van der Waals surface area (Å²) < 4.78 is 37.6. The van der Waals surface area contributed by atoms with Gasteiger partial charge in [-0.15, -0.1) is 23.2 Å². The molecule has 0 unspecified atom stereocenters. The second-order valence-corrected chi connectivity index (χ2v) is 12.7. The van der Waals surface area contributed by atoms with Crippen molar-refractivity contribution in [1.29, 1.82) is 0 Å². The number of hydrogen-bond donors (Lipinski definition) is 3. The van der Waals surface area contributed by atoms with Crippen molar-refractivity contribution in [3.05, 3.63) is 73.2 Å². The number of carbonyl (C=O) groups excluding carboxylic acids is 3. The number of amides is 2. The van der Waals surface area contributed by atoms with E-state index in [9.17, 15) is 18.9 Å². The van der Waals surface area contributed by atoms with Crippen LogP contribution in [0, 0.1) is 0 Å². The Balaban J connectivity index is 0. The number of aromatic nitrogens is 3. The Morgan fingerprint density at radius 1 is 0.686 bits per heavy atom. The van der Waals surface area contributed by atoms with E-state index in [0.717, 1.165) is 0 Å². The molecule has 0 aliphatic rings. The van der Waals surface area contributed by atoms with Crippen LogP contribution in [0.2, 0.25) is 0 Å². The fourth-order valence-electron chi connectivity index (χ4n) is 2.73. The Kier molecular flexibility index (Phi) is 33.8. The fraction of sp³-hybridized carbons (Fsp3) is 0.419. The van der Waals surface area contributed by atoms with Gasteiger partial charge >= 0.3 is 16.2 Å². The molecule has 15 nitrogen and oxygen atoms in total. The number of rotatable bonds is 16. The molecular formula is C31H47Cl3N6O9P2. The standard InChI is InChI=1S/C11H17N2O4P.C7H7ClN2O.C6H15O3P.C5H6N2.C2H2Cl2O/c1-3-16-18(15,17-4-2)9-11(14)13-10-7-5-6-8-12-10;8-5-7(11)10-6-3-1-2-4-9-6;1-4-7-10(8-5-2)9-6-3;6-5-3-1-2-4-7-5;3-1-2(4)5/h5-8H,3-4,9H2,1-2H3,(H,12,13,14);1-4H,5H2,(H,9,10,11);4-6H2,1-3H3;1-4H,(H2,6,7);1H2. The minimum absolute atomic E-state index is 0.0451. The molecule has 0 bridgehead atoms. The summed E-state index contributed by atoms with van der Waals surface area (Å²) in [5.74, 6) is 0.671. The lowest BCUT2D eigenvalue weighted by molar-refractivity contribution is -0.115. The van der Waals surface area contributed by atoms with Crippen molar-refractivity contribution in [1.82, 2.24) is 15.0 Å². The molecule has 3 aromatic rings. The Hall–Kier alpha value is -2.81. The molecule has 0 aliphatic carbocycles. The Morgan fingerprint density at radius 3 is 1.37 bits per heavy atom. The van der Waals surface area contributed by atoms with E-state index in [4.69, 9.17) is 63.2 Å². The molecule has 0 saturated heterocycles. The number of anilines is 3. The summed E-state index contributed by atoms with van der Waals surface area (Å²) in [4.78, 5) is 43.4. The van der Waals surface area contributed by atoms with Crippen molar-refractivity contribution in [2.45, 2.75) is 34.6 Å². The van der Waals surface area contributed by atoms with Crippen molar-refractivity contribution in [2.75, 3.05) is 67.3 Å². The minimum Gasteiger partial charge on any atom is -0.384 e. The highest BCUT2D eigenvalue weighted by Crippen LogP contribution is 2.47. The number of pyridine rings is 3. The van der Waals surface area contributed by atoms with Crippen LogP contribution in [-0.4, -0.2) is 83.0 Å². The molecule has 0 aliphatic heterocycles. The first-order valence-corrected chi connectivity index (χ1v) is 19.7. The van der Waals surface area contributed by atoms with Crippen molar-refractivity contribution in [3.8, 4) is 0 Å². The lowest BCUT2D eigenvalue weighted by Crippen LogP contribution is -2.18. The number of nitrogen functional groups attached to an aromatic ring is 1. The van der Waals surface area contributed by atoms with E-state index >= 15 is 0 Å². The van der Waals surface area contributed by atoms with Gasteiger partial charge in [0, 0.05) is 18.6 Å². The third kappa shape index (κ3) is 31.6. The zero-order chi connectivity index (χ0) is 38.8. The highest BCUT2D eigenvalue weighted by atomic mass is 35.5. The molecule has 3 rings (SSSR count). The van der Waals surface area contributed by atoms with Crippen LogP contribution in [0.3, 0.4) is 0 Å². The SMILES string of the molecule is CCOP(=O)(CC(=O)Nc1ccccn1)OCC.CCOP(OCC)OCC.Nc1ccccn1.O=C(CCl)Nc1ccccn1.O=C(Cl)CCl. The molecular weight excluding hydrogens is 769 g/mol. The maximum absolute atomic E-state index is 12.1. The lowest BCUT2D eigenvalue weighted by Gasteiger charge is -2.16. The summed E-state index contributed by atoms with van der Waals surface area (Å²) in [6.07, 6.45) is 4.50. The maximum Gasteiger partial charge on any atom is 0.340 e. The Bertz CT molecular complexity index is 1320. The Morgan fingerprint density at radius 2 is 1.10 bits per heavy atom. The number of hydrogen-bond acceptors (Lipinski definition) is 13. The van der Waals surface area contributed by atoms with Gasteiger partial charge < -0.3 is 39.0 Å². The molecule has 286 valence electrons. The van der Waals surface area contributed by atoms with Crippen molar-refractivity contribution in [3.63, 3.8) is 0 Å². The van der Waals surface area contributed by atoms with Gasteiger partial charge in [0.15, 0.2) is 0 Å². The summed E-state index contributed by atoms with van der Waals surface area (Å²) in [5, 5.41) is 4.53. The van der Waals surface area contributed by atoms with Gasteiger partial charge in [-0.25, -0.2) is 15.0 Å². The first-order chi connectivity index (χ1) is 24.4. The van der Waals surface area contributed by atoms with E-state index in [2.05, 4.69) is 25.6 Å². The molecule has 0 spiro atoms. The van der Waals surface area contributed by atoms with Gasteiger partial charge in [-0.2, -0.15) is 0 Å². The van der Waals surface area contributed by atoms with E-state index in [1.54, 1.807) is 74.9 Å². The maximum atomic E-state index is 12.1. The van der Waals surface area contributed by atoms with E-state index in [0.29, 0.717) is 37.3 Å². The summed E-state index contributed by atoms with van der Waals surface area (Å²) in [6.45, 7) is 11.6. The molecule has 51 heavy (non-hydrogen) atoms.